The van der Waals surface area contributed by atoms with Crippen molar-refractivity contribution in [2.45, 2.75) is 11.8 Å². The van der Waals surface area contributed by atoms with E-state index in [0.717, 1.165) is 6.07 Å². The number of hydrogen-bond acceptors (Lipinski definition) is 5. The van der Waals surface area contributed by atoms with E-state index in [2.05, 4.69) is 10.0 Å². The minimum atomic E-state index is -3.88. The Kier molecular flexibility index (Phi) is 6.06. The van der Waals surface area contributed by atoms with Gasteiger partial charge in [0.25, 0.3) is 5.69 Å². The van der Waals surface area contributed by atoms with E-state index in [9.17, 15) is 23.3 Å². The molecule has 10 heteroatoms. The maximum Gasteiger partial charge on any atom is 0.273 e. The molecule has 0 spiro atoms. The van der Waals surface area contributed by atoms with E-state index in [1.54, 1.807) is 0 Å². The van der Waals surface area contributed by atoms with Crippen LogP contribution in [-0.4, -0.2) is 38.2 Å². The van der Waals surface area contributed by atoms with E-state index >= 15 is 0 Å². The van der Waals surface area contributed by atoms with Crippen molar-refractivity contribution in [3.05, 3.63) is 33.9 Å². The normalized spacial score (nSPS) is 11.1. The number of alkyl halides is 1. The molecule has 0 unspecified atom stereocenters. The van der Waals surface area contributed by atoms with Crippen LogP contribution in [0.1, 0.15) is 5.56 Å². The molecule has 21 heavy (non-hydrogen) atoms. The van der Waals surface area contributed by atoms with Gasteiger partial charge in [-0.3, -0.25) is 14.9 Å². The number of benzene rings is 1. The molecule has 0 fully saturated rings. The summed E-state index contributed by atoms with van der Waals surface area (Å²) in [6, 6.07) is 3.64. The van der Waals surface area contributed by atoms with E-state index in [0.29, 0.717) is 5.56 Å². The van der Waals surface area contributed by atoms with Crippen molar-refractivity contribution >= 4 is 33.2 Å². The van der Waals surface area contributed by atoms with Crippen molar-refractivity contribution in [1.29, 1.82) is 0 Å². The van der Waals surface area contributed by atoms with Crippen LogP contribution < -0.4 is 10.0 Å². The Hall–Kier alpha value is -1.71. The molecule has 0 aliphatic rings. The molecule has 1 aromatic carbocycles. The highest BCUT2D eigenvalue weighted by Crippen LogP contribution is 2.21. The lowest BCUT2D eigenvalue weighted by molar-refractivity contribution is -0.385. The lowest BCUT2D eigenvalue weighted by atomic mass is 10.2. The predicted molar refractivity (Wildman–Crippen MR) is 76.8 cm³/mol. The van der Waals surface area contributed by atoms with Crippen LogP contribution in [0.3, 0.4) is 0 Å². The maximum atomic E-state index is 12.0. The molecule has 0 aliphatic heterocycles. The Morgan fingerprint density at radius 1 is 1.38 bits per heavy atom. The van der Waals surface area contributed by atoms with Gasteiger partial charge in [-0.05, 0) is 13.0 Å². The number of hydrogen-bond donors (Lipinski definition) is 2. The van der Waals surface area contributed by atoms with Crippen molar-refractivity contribution in [2.75, 3.05) is 19.0 Å². The number of carbonyl (C=O) groups excluding carboxylic acids is 1. The lowest BCUT2D eigenvalue weighted by Gasteiger charge is -2.08. The van der Waals surface area contributed by atoms with Gasteiger partial charge in [-0.1, -0.05) is 6.07 Å². The van der Waals surface area contributed by atoms with Crippen LogP contribution >= 0.6 is 11.6 Å². The Bertz CT molecular complexity index is 647. The van der Waals surface area contributed by atoms with Crippen molar-refractivity contribution in [2.24, 2.45) is 0 Å². The Labute approximate surface area is 126 Å². The van der Waals surface area contributed by atoms with Crippen LogP contribution in [0.15, 0.2) is 23.1 Å². The highest BCUT2D eigenvalue weighted by molar-refractivity contribution is 7.89. The van der Waals surface area contributed by atoms with Crippen LogP contribution in [0.5, 0.6) is 0 Å². The monoisotopic (exact) mass is 335 g/mol. The van der Waals surface area contributed by atoms with Crippen LogP contribution in [0.2, 0.25) is 0 Å². The number of rotatable bonds is 7. The second-order valence-electron chi connectivity index (χ2n) is 4.09. The largest absolute Gasteiger partial charge is 0.354 e. The molecule has 0 saturated heterocycles. The highest BCUT2D eigenvalue weighted by Gasteiger charge is 2.19. The molecule has 0 radical (unpaired) electrons. The fourth-order valence-corrected chi connectivity index (χ4v) is 2.62. The molecular formula is C11H14ClN3O5S. The van der Waals surface area contributed by atoms with E-state index in [1.165, 1.54) is 19.1 Å². The third-order valence-electron chi connectivity index (χ3n) is 2.55. The van der Waals surface area contributed by atoms with E-state index < -0.39 is 20.9 Å². The van der Waals surface area contributed by atoms with Gasteiger partial charge in [0.2, 0.25) is 15.9 Å². The number of halogens is 1. The number of carbonyl (C=O) groups is 1. The number of nitrogens with zero attached hydrogens (tertiary/aromatic N) is 1. The average molecular weight is 336 g/mol. The number of aryl methyl sites for hydroxylation is 1. The molecule has 0 heterocycles. The standard InChI is InChI=1S/C11H14ClN3O5S/c1-8-2-3-9(6-10(8)15(17)18)21(19,20)14-5-4-13-11(16)7-12/h2-3,6,14H,4-5,7H2,1H3,(H,13,16). The van der Waals surface area contributed by atoms with Crippen molar-refractivity contribution in [1.82, 2.24) is 10.0 Å². The third-order valence-corrected chi connectivity index (χ3v) is 4.25. The second-order valence-corrected chi connectivity index (χ2v) is 6.12. The molecule has 8 nitrogen and oxygen atoms in total. The molecule has 1 aromatic rings. The summed E-state index contributed by atoms with van der Waals surface area (Å²) in [5.41, 5.74) is 0.0987. The average Bonchev–Trinajstić information content (AvgIpc) is 2.43. The van der Waals surface area contributed by atoms with Crippen LogP contribution in [0.4, 0.5) is 5.69 Å². The molecule has 2 N–H and O–H groups in total. The molecule has 0 atom stereocenters. The van der Waals surface area contributed by atoms with Gasteiger partial charge in [0.15, 0.2) is 0 Å². The summed E-state index contributed by atoms with van der Waals surface area (Å²) in [4.78, 5) is 20.8. The SMILES string of the molecule is Cc1ccc(S(=O)(=O)NCCNC(=O)CCl)cc1[N+](=O)[O-]. The van der Waals surface area contributed by atoms with E-state index in [1.807, 2.05) is 0 Å². The first-order chi connectivity index (χ1) is 9.77. The van der Waals surface area contributed by atoms with E-state index in [-0.39, 0.29) is 29.6 Å². The van der Waals surface area contributed by atoms with Gasteiger partial charge < -0.3 is 5.32 Å². The van der Waals surface area contributed by atoms with Crippen LogP contribution in [-0.2, 0) is 14.8 Å². The Morgan fingerprint density at radius 3 is 2.62 bits per heavy atom. The molecule has 116 valence electrons. The highest BCUT2D eigenvalue weighted by atomic mass is 35.5. The zero-order chi connectivity index (χ0) is 16.0. The molecule has 0 saturated carbocycles. The zero-order valence-electron chi connectivity index (χ0n) is 11.1. The van der Waals surface area contributed by atoms with Crippen molar-refractivity contribution < 1.29 is 18.1 Å². The fraction of sp³-hybridized carbons (Fsp3) is 0.364. The first kappa shape index (κ1) is 17.3. The first-order valence-corrected chi connectivity index (χ1v) is 7.87. The molecule has 0 aromatic heterocycles. The van der Waals surface area contributed by atoms with E-state index in [4.69, 9.17) is 11.6 Å². The topological polar surface area (TPSA) is 118 Å². The second kappa shape index (κ2) is 7.34. The van der Waals surface area contributed by atoms with Gasteiger partial charge in [0.1, 0.15) is 5.88 Å². The molecular weight excluding hydrogens is 322 g/mol. The van der Waals surface area contributed by atoms with Gasteiger partial charge in [0.05, 0.1) is 9.82 Å². The molecule has 0 bridgehead atoms. The first-order valence-electron chi connectivity index (χ1n) is 5.85. The molecule has 1 rings (SSSR count). The Morgan fingerprint density at radius 2 is 2.05 bits per heavy atom. The maximum absolute atomic E-state index is 12.0. The minimum absolute atomic E-state index is 0.0490. The fourth-order valence-electron chi connectivity index (χ4n) is 1.47. The smallest absolute Gasteiger partial charge is 0.273 e. The number of nitro groups is 1. The van der Waals surface area contributed by atoms with Gasteiger partial charge in [-0.15, -0.1) is 11.6 Å². The number of sulfonamides is 1. The van der Waals surface area contributed by atoms with Gasteiger partial charge >= 0.3 is 0 Å². The van der Waals surface area contributed by atoms with Crippen LogP contribution in [0, 0.1) is 17.0 Å². The summed E-state index contributed by atoms with van der Waals surface area (Å²) in [6.45, 7) is 1.54. The zero-order valence-corrected chi connectivity index (χ0v) is 12.7. The third kappa shape index (κ3) is 4.96. The number of nitro benzene ring substituents is 1. The lowest BCUT2D eigenvalue weighted by Crippen LogP contribution is -2.35. The summed E-state index contributed by atoms with van der Waals surface area (Å²) < 4.78 is 26.2. The number of amides is 1. The van der Waals surface area contributed by atoms with Gasteiger partial charge in [0, 0.05) is 24.7 Å². The van der Waals surface area contributed by atoms with Gasteiger partial charge in [-0.25, -0.2) is 13.1 Å². The molecule has 0 aliphatic carbocycles. The minimum Gasteiger partial charge on any atom is -0.354 e. The molecule has 1 amide bonds. The summed E-state index contributed by atoms with van der Waals surface area (Å²) in [5.74, 6) is -0.626. The quantitative estimate of drug-likeness (QED) is 0.326. The summed E-state index contributed by atoms with van der Waals surface area (Å²) in [7, 11) is -3.88. The van der Waals surface area contributed by atoms with Crippen LogP contribution in [0.25, 0.3) is 0 Å². The summed E-state index contributed by atoms with van der Waals surface area (Å²) in [6.07, 6.45) is 0. The van der Waals surface area contributed by atoms with Crippen molar-refractivity contribution in [3.8, 4) is 0 Å². The number of nitrogens with one attached hydrogen (secondary N) is 2. The predicted octanol–water partition coefficient (Wildman–Crippen LogP) is 0.537. The summed E-state index contributed by atoms with van der Waals surface area (Å²) in [5, 5.41) is 13.2. The van der Waals surface area contributed by atoms with Gasteiger partial charge in [-0.2, -0.15) is 0 Å². The Balaban J connectivity index is 2.77. The summed E-state index contributed by atoms with van der Waals surface area (Å²) >= 11 is 5.26. The van der Waals surface area contributed by atoms with Crippen molar-refractivity contribution in [3.63, 3.8) is 0 Å².